The Morgan fingerprint density at radius 2 is 1.94 bits per heavy atom. The van der Waals surface area contributed by atoms with E-state index in [0.717, 1.165) is 19.4 Å². The largest absolute Gasteiger partial charge is 0.479 e. The van der Waals surface area contributed by atoms with Gasteiger partial charge in [-0.05, 0) is 78.5 Å². The fourth-order valence-electron chi connectivity index (χ4n) is 6.25. The zero-order valence-electron chi connectivity index (χ0n) is 20.1. The van der Waals surface area contributed by atoms with Gasteiger partial charge >= 0.3 is 5.97 Å². The van der Waals surface area contributed by atoms with E-state index in [1.165, 1.54) is 37.7 Å². The van der Waals surface area contributed by atoms with Crippen LogP contribution in [0.2, 0.25) is 0 Å². The lowest BCUT2D eigenvalue weighted by molar-refractivity contribution is -0.157. The second-order valence-electron chi connectivity index (χ2n) is 11.1. The number of carboxylic acid groups (broad SMARTS) is 1. The van der Waals surface area contributed by atoms with Crippen molar-refractivity contribution in [3.8, 4) is 0 Å². The Bertz CT molecular complexity index is 857. The van der Waals surface area contributed by atoms with E-state index in [2.05, 4.69) is 50.6 Å². The second kappa shape index (κ2) is 8.68. The summed E-state index contributed by atoms with van der Waals surface area (Å²) in [6.45, 7) is 10.7. The molecule has 3 N–H and O–H groups in total. The molecular formula is C26H39F2NO3. The van der Waals surface area contributed by atoms with Gasteiger partial charge < -0.3 is 15.6 Å². The van der Waals surface area contributed by atoms with Crippen molar-refractivity contribution < 1.29 is 23.4 Å². The Kier molecular flexibility index (Phi) is 6.81. The van der Waals surface area contributed by atoms with Gasteiger partial charge in [0.25, 0.3) is 5.92 Å². The van der Waals surface area contributed by atoms with Crippen LogP contribution in [0.15, 0.2) is 18.2 Å². The molecule has 4 rings (SSSR count). The summed E-state index contributed by atoms with van der Waals surface area (Å²) in [5.41, 5.74) is 9.89. The number of fused-ring (bicyclic) bond motifs is 3. The highest BCUT2D eigenvalue weighted by Gasteiger charge is 2.53. The Labute approximate surface area is 190 Å². The van der Waals surface area contributed by atoms with Crippen molar-refractivity contribution in [2.75, 3.05) is 13.2 Å². The van der Waals surface area contributed by atoms with Crippen LogP contribution in [0.4, 0.5) is 8.78 Å². The Morgan fingerprint density at radius 3 is 2.44 bits per heavy atom. The second-order valence-corrected chi connectivity index (χ2v) is 11.1. The lowest BCUT2D eigenvalue weighted by Crippen LogP contribution is -2.51. The summed E-state index contributed by atoms with van der Waals surface area (Å²) in [5.74, 6) is -2.95. The van der Waals surface area contributed by atoms with Crippen molar-refractivity contribution in [2.24, 2.45) is 17.1 Å². The van der Waals surface area contributed by atoms with Gasteiger partial charge in [0, 0.05) is 0 Å². The number of carbonyl (C=O) groups is 1. The first-order valence-electron chi connectivity index (χ1n) is 11.8. The van der Waals surface area contributed by atoms with Crippen LogP contribution in [-0.4, -0.2) is 35.8 Å². The minimum absolute atomic E-state index is 0.335. The van der Waals surface area contributed by atoms with Crippen LogP contribution < -0.4 is 5.73 Å². The molecule has 4 atom stereocenters. The molecule has 0 bridgehead atoms. The van der Waals surface area contributed by atoms with Crippen molar-refractivity contribution in [3.63, 3.8) is 0 Å². The molecule has 180 valence electrons. The van der Waals surface area contributed by atoms with E-state index in [0.29, 0.717) is 16.7 Å². The molecule has 0 unspecified atom stereocenters. The topological polar surface area (TPSA) is 72.6 Å². The summed E-state index contributed by atoms with van der Waals surface area (Å²) < 4.78 is 29.3. The summed E-state index contributed by atoms with van der Waals surface area (Å²) >= 11 is 0. The monoisotopic (exact) mass is 451 g/mol. The minimum atomic E-state index is -2.99. The van der Waals surface area contributed by atoms with Crippen molar-refractivity contribution in [1.82, 2.24) is 0 Å². The van der Waals surface area contributed by atoms with Crippen molar-refractivity contribution in [2.45, 2.75) is 96.0 Å². The van der Waals surface area contributed by atoms with Crippen molar-refractivity contribution in [1.29, 1.82) is 0 Å². The molecule has 3 aliphatic rings. The predicted molar refractivity (Wildman–Crippen MR) is 122 cm³/mol. The molecule has 1 saturated carbocycles. The van der Waals surface area contributed by atoms with Crippen LogP contribution in [0.1, 0.15) is 89.3 Å². The lowest BCUT2D eigenvalue weighted by Gasteiger charge is -2.55. The Hall–Kier alpha value is -1.53. The quantitative estimate of drug-likeness (QED) is 0.622. The molecule has 1 saturated heterocycles. The van der Waals surface area contributed by atoms with Crippen LogP contribution in [-0.2, 0) is 21.4 Å². The number of hydrogen-bond acceptors (Lipinski definition) is 3. The van der Waals surface area contributed by atoms with Gasteiger partial charge in [-0.15, -0.1) is 0 Å². The normalized spacial score (nSPS) is 35.5. The number of benzene rings is 1. The van der Waals surface area contributed by atoms with Crippen LogP contribution in [0.25, 0.3) is 0 Å². The van der Waals surface area contributed by atoms with E-state index in [4.69, 9.17) is 10.8 Å². The SMILES string of the molecule is CC(C)c1ccc2c(c1)CC[C@H]1[C@](C)(CN)CCC[C@]21C.C[C@@]1(C(=O)O)CC(F)(F)CO1. The summed E-state index contributed by atoms with van der Waals surface area (Å²) in [4.78, 5) is 10.4. The van der Waals surface area contributed by atoms with E-state index in [1.807, 2.05) is 0 Å². The van der Waals surface area contributed by atoms with E-state index in [9.17, 15) is 13.6 Å². The summed E-state index contributed by atoms with van der Waals surface area (Å²) in [6.07, 6.45) is 5.79. The first-order valence-corrected chi connectivity index (χ1v) is 11.8. The van der Waals surface area contributed by atoms with Crippen LogP contribution in [0.3, 0.4) is 0 Å². The van der Waals surface area contributed by atoms with Gasteiger partial charge in [-0.2, -0.15) is 0 Å². The molecule has 6 heteroatoms. The van der Waals surface area contributed by atoms with Gasteiger partial charge in [-0.3, -0.25) is 0 Å². The fourth-order valence-corrected chi connectivity index (χ4v) is 6.25. The maximum atomic E-state index is 12.4. The van der Waals surface area contributed by atoms with Gasteiger partial charge in [0.05, 0.1) is 6.42 Å². The van der Waals surface area contributed by atoms with Crippen LogP contribution in [0, 0.1) is 11.3 Å². The number of halogens is 2. The van der Waals surface area contributed by atoms with Gasteiger partial charge in [0.1, 0.15) is 6.61 Å². The average molecular weight is 452 g/mol. The van der Waals surface area contributed by atoms with E-state index < -0.39 is 30.5 Å². The molecular weight excluding hydrogens is 412 g/mol. The van der Waals surface area contributed by atoms with Gasteiger partial charge in [0.15, 0.2) is 5.60 Å². The maximum absolute atomic E-state index is 12.4. The highest BCUT2D eigenvalue weighted by Crippen LogP contribution is 2.56. The zero-order valence-corrected chi connectivity index (χ0v) is 20.1. The molecule has 1 aliphatic heterocycles. The molecule has 0 spiro atoms. The Balaban J connectivity index is 0.000000222. The molecule has 1 aromatic carbocycles. The third kappa shape index (κ3) is 4.58. The van der Waals surface area contributed by atoms with E-state index >= 15 is 0 Å². The van der Waals surface area contributed by atoms with Crippen molar-refractivity contribution in [3.05, 3.63) is 34.9 Å². The molecule has 32 heavy (non-hydrogen) atoms. The van der Waals surface area contributed by atoms with Crippen LogP contribution >= 0.6 is 0 Å². The third-order valence-corrected chi connectivity index (χ3v) is 8.28. The standard InChI is InChI=1S/C20H31N.C6H8F2O3/c1-14(2)15-6-8-17-16(12-15)7-9-18-19(3,13-21)10-5-11-20(17,18)4;1-5(4(9)10)2-6(7,8)3-11-5/h6,8,12,14,18H,5,7,9-11,13,21H2,1-4H3;2-3H2,1H3,(H,9,10)/t18-,19-,20+;5-/m00/s1. The molecule has 1 heterocycles. The van der Waals surface area contributed by atoms with Gasteiger partial charge in [-0.1, -0.05) is 52.3 Å². The molecule has 2 aliphatic carbocycles. The number of aryl methyl sites for hydroxylation is 1. The van der Waals surface area contributed by atoms with E-state index in [-0.39, 0.29) is 0 Å². The fraction of sp³-hybridized carbons (Fsp3) is 0.731. The number of rotatable bonds is 3. The number of carboxylic acids is 1. The third-order valence-electron chi connectivity index (χ3n) is 8.28. The highest BCUT2D eigenvalue weighted by atomic mass is 19.3. The number of aliphatic carboxylic acids is 1. The molecule has 4 nitrogen and oxygen atoms in total. The van der Waals surface area contributed by atoms with Gasteiger partial charge in [-0.25, -0.2) is 13.6 Å². The molecule has 0 radical (unpaired) electrons. The summed E-state index contributed by atoms with van der Waals surface area (Å²) in [5, 5.41) is 8.45. The van der Waals surface area contributed by atoms with Crippen LogP contribution in [0.5, 0.6) is 0 Å². The van der Waals surface area contributed by atoms with Gasteiger partial charge in [0.2, 0.25) is 0 Å². The maximum Gasteiger partial charge on any atom is 0.335 e. The lowest BCUT2D eigenvalue weighted by atomic mass is 9.50. The Morgan fingerprint density at radius 1 is 1.25 bits per heavy atom. The summed E-state index contributed by atoms with van der Waals surface area (Å²) in [7, 11) is 0. The van der Waals surface area contributed by atoms with E-state index in [1.54, 1.807) is 11.1 Å². The minimum Gasteiger partial charge on any atom is -0.479 e. The molecule has 0 amide bonds. The first kappa shape index (κ1) is 25.1. The number of alkyl halides is 2. The smallest absolute Gasteiger partial charge is 0.335 e. The number of ether oxygens (including phenoxy) is 1. The average Bonchev–Trinajstić information content (AvgIpc) is 3.02. The predicted octanol–water partition coefficient (Wildman–Crippen LogP) is 5.66. The highest BCUT2D eigenvalue weighted by molar-refractivity contribution is 5.77. The van der Waals surface area contributed by atoms with Crippen molar-refractivity contribution >= 4 is 5.97 Å². The number of hydrogen-bond donors (Lipinski definition) is 2. The molecule has 1 aromatic rings. The molecule has 0 aromatic heterocycles. The summed E-state index contributed by atoms with van der Waals surface area (Å²) in [6, 6.07) is 7.29. The number of nitrogens with two attached hydrogens (primary N) is 1. The molecule has 2 fully saturated rings. The first-order chi connectivity index (χ1) is 14.8. The zero-order chi connectivity index (χ0) is 23.9.